The first-order chi connectivity index (χ1) is 9.95. The molecule has 3 rings (SSSR count). The van der Waals surface area contributed by atoms with E-state index in [1.807, 2.05) is 0 Å². The molecule has 0 bridgehead atoms. The van der Waals surface area contributed by atoms with Gasteiger partial charge in [-0.3, -0.25) is 14.4 Å². The molecule has 0 saturated heterocycles. The van der Waals surface area contributed by atoms with Gasteiger partial charge in [0.2, 0.25) is 11.8 Å². The Labute approximate surface area is 119 Å². The van der Waals surface area contributed by atoms with Gasteiger partial charge in [0.15, 0.2) is 0 Å². The molecule has 0 aromatic heterocycles. The molecule has 1 aliphatic heterocycles. The van der Waals surface area contributed by atoms with Crippen molar-refractivity contribution in [2.24, 2.45) is 11.8 Å². The molecule has 2 amide bonds. The Hall–Kier alpha value is -2.44. The molecule has 0 radical (unpaired) electrons. The van der Waals surface area contributed by atoms with Crippen molar-refractivity contribution in [1.82, 2.24) is 0 Å². The molecule has 3 N–H and O–H groups in total. The van der Waals surface area contributed by atoms with E-state index in [4.69, 9.17) is 5.11 Å². The van der Waals surface area contributed by atoms with E-state index in [1.54, 1.807) is 0 Å². The minimum absolute atomic E-state index is 0.0445. The number of aryl methyl sites for hydroxylation is 1. The Bertz CT molecular complexity index is 659. The second kappa shape index (κ2) is 4.83. The van der Waals surface area contributed by atoms with Gasteiger partial charge in [-0.2, -0.15) is 0 Å². The van der Waals surface area contributed by atoms with Crippen LogP contribution in [0.15, 0.2) is 12.1 Å². The monoisotopic (exact) mass is 292 g/mol. The topological polar surface area (TPSA) is 95.5 Å². The molecule has 1 heterocycles. The number of hydrogen-bond acceptors (Lipinski definition) is 3. The summed E-state index contributed by atoms with van der Waals surface area (Å²) in [6.07, 6.45) is 1.03. The number of anilines is 2. The zero-order valence-corrected chi connectivity index (χ0v) is 11.0. The largest absolute Gasteiger partial charge is 0.481 e. The third-order valence-corrected chi connectivity index (χ3v) is 3.79. The summed E-state index contributed by atoms with van der Waals surface area (Å²) in [7, 11) is 0. The fraction of sp³-hybridized carbons (Fsp3) is 0.357. The van der Waals surface area contributed by atoms with Crippen LogP contribution in [-0.2, 0) is 20.8 Å². The predicted octanol–water partition coefficient (Wildman–Crippen LogP) is 1.37. The van der Waals surface area contributed by atoms with E-state index in [-0.39, 0.29) is 18.0 Å². The van der Waals surface area contributed by atoms with Crippen LogP contribution in [0.2, 0.25) is 0 Å². The quantitative estimate of drug-likeness (QED) is 0.784. The smallest absolute Gasteiger partial charge is 0.307 e. The number of carbonyl (C=O) groups excluding carboxylic acids is 2. The standard InChI is InChI=1S/C14H13FN2O4/c15-9-3-6-1-2-12(18)16-10(6)5-11(9)17-13(19)7-4-8(7)14(20)21/h3,5,7-8H,1-2,4H2,(H,16,18)(H,17,19)(H,20,21). The highest BCUT2D eigenvalue weighted by molar-refractivity contribution is 6.00. The molecule has 2 unspecified atom stereocenters. The van der Waals surface area contributed by atoms with Gasteiger partial charge in [-0.05, 0) is 30.5 Å². The summed E-state index contributed by atoms with van der Waals surface area (Å²) in [6, 6.07) is 2.66. The molecule has 1 fully saturated rings. The first-order valence-corrected chi connectivity index (χ1v) is 6.61. The van der Waals surface area contributed by atoms with Crippen molar-refractivity contribution in [3.8, 4) is 0 Å². The Morgan fingerprint density at radius 1 is 1.29 bits per heavy atom. The first kappa shape index (κ1) is 13.5. The number of rotatable bonds is 3. The number of carbonyl (C=O) groups is 3. The molecule has 1 aromatic carbocycles. The summed E-state index contributed by atoms with van der Waals surface area (Å²) in [6.45, 7) is 0. The minimum atomic E-state index is -1.02. The first-order valence-electron chi connectivity index (χ1n) is 6.61. The Morgan fingerprint density at radius 2 is 2.05 bits per heavy atom. The van der Waals surface area contributed by atoms with E-state index < -0.39 is 29.5 Å². The molecule has 7 heteroatoms. The number of nitrogens with one attached hydrogen (secondary N) is 2. The zero-order chi connectivity index (χ0) is 15.1. The van der Waals surface area contributed by atoms with E-state index in [1.165, 1.54) is 12.1 Å². The highest BCUT2D eigenvalue weighted by Crippen LogP contribution is 2.40. The maximum atomic E-state index is 13.9. The molecule has 1 aromatic rings. The molecule has 0 spiro atoms. The van der Waals surface area contributed by atoms with Crippen molar-refractivity contribution in [2.75, 3.05) is 10.6 Å². The SMILES string of the molecule is O=C1CCc2cc(F)c(NC(=O)C3CC3C(=O)O)cc2N1. The van der Waals surface area contributed by atoms with Crippen molar-refractivity contribution in [2.45, 2.75) is 19.3 Å². The Balaban J connectivity index is 1.77. The summed E-state index contributed by atoms with van der Waals surface area (Å²) < 4.78 is 13.9. The average Bonchev–Trinajstić information content (AvgIpc) is 3.20. The third-order valence-electron chi connectivity index (χ3n) is 3.79. The lowest BCUT2D eigenvalue weighted by Gasteiger charge is -2.18. The second-order valence-corrected chi connectivity index (χ2v) is 5.31. The van der Waals surface area contributed by atoms with Gasteiger partial charge in [-0.1, -0.05) is 0 Å². The van der Waals surface area contributed by atoms with Crippen molar-refractivity contribution in [3.05, 3.63) is 23.5 Å². The van der Waals surface area contributed by atoms with E-state index >= 15 is 0 Å². The lowest BCUT2D eigenvalue weighted by atomic mass is 10.0. The maximum absolute atomic E-state index is 13.9. The lowest BCUT2D eigenvalue weighted by molar-refractivity contribution is -0.139. The zero-order valence-electron chi connectivity index (χ0n) is 11.0. The van der Waals surface area contributed by atoms with E-state index in [0.717, 1.165) is 0 Å². The Morgan fingerprint density at radius 3 is 2.71 bits per heavy atom. The summed E-state index contributed by atoms with van der Waals surface area (Å²) in [5, 5.41) is 13.8. The van der Waals surface area contributed by atoms with Crippen molar-refractivity contribution >= 4 is 29.2 Å². The molecular weight excluding hydrogens is 279 g/mol. The fourth-order valence-corrected chi connectivity index (χ4v) is 2.48. The summed E-state index contributed by atoms with van der Waals surface area (Å²) >= 11 is 0. The van der Waals surface area contributed by atoms with E-state index in [9.17, 15) is 18.8 Å². The van der Waals surface area contributed by atoms with E-state index in [0.29, 0.717) is 24.1 Å². The number of benzene rings is 1. The van der Waals surface area contributed by atoms with Gasteiger partial charge in [-0.25, -0.2) is 4.39 Å². The highest BCUT2D eigenvalue weighted by atomic mass is 19.1. The summed E-state index contributed by atoms with van der Waals surface area (Å²) in [5.74, 6) is -3.58. The number of halogens is 1. The van der Waals surface area contributed by atoms with Crippen LogP contribution < -0.4 is 10.6 Å². The lowest BCUT2D eigenvalue weighted by Crippen LogP contribution is -2.21. The van der Waals surface area contributed by atoms with Gasteiger partial charge in [0, 0.05) is 12.1 Å². The maximum Gasteiger partial charge on any atom is 0.307 e. The molecule has 110 valence electrons. The number of amides is 2. The average molecular weight is 292 g/mol. The number of hydrogen-bond donors (Lipinski definition) is 3. The van der Waals surface area contributed by atoms with Gasteiger partial charge < -0.3 is 15.7 Å². The molecule has 21 heavy (non-hydrogen) atoms. The Kier molecular flexibility index (Phi) is 3.12. The summed E-state index contributed by atoms with van der Waals surface area (Å²) in [5.41, 5.74) is 1.12. The van der Waals surface area contributed by atoms with Crippen LogP contribution >= 0.6 is 0 Å². The van der Waals surface area contributed by atoms with Crippen LogP contribution in [0.1, 0.15) is 18.4 Å². The summed E-state index contributed by atoms with van der Waals surface area (Å²) in [4.78, 5) is 33.9. The second-order valence-electron chi connectivity index (χ2n) is 5.31. The molecule has 6 nitrogen and oxygen atoms in total. The van der Waals surface area contributed by atoms with Crippen LogP contribution in [0.4, 0.5) is 15.8 Å². The van der Waals surface area contributed by atoms with Crippen molar-refractivity contribution < 1.29 is 23.9 Å². The molecule has 1 aliphatic carbocycles. The van der Waals surface area contributed by atoms with Crippen LogP contribution in [0.25, 0.3) is 0 Å². The fourth-order valence-electron chi connectivity index (χ4n) is 2.48. The number of fused-ring (bicyclic) bond motifs is 1. The van der Waals surface area contributed by atoms with Gasteiger partial charge >= 0.3 is 5.97 Å². The minimum Gasteiger partial charge on any atom is -0.481 e. The number of carboxylic acid groups (broad SMARTS) is 1. The van der Waals surface area contributed by atoms with Crippen LogP contribution in [-0.4, -0.2) is 22.9 Å². The van der Waals surface area contributed by atoms with Gasteiger partial charge in [0.25, 0.3) is 0 Å². The van der Waals surface area contributed by atoms with Gasteiger partial charge in [-0.15, -0.1) is 0 Å². The molecule has 2 atom stereocenters. The van der Waals surface area contributed by atoms with E-state index in [2.05, 4.69) is 10.6 Å². The predicted molar refractivity (Wildman–Crippen MR) is 71.2 cm³/mol. The van der Waals surface area contributed by atoms with Crippen LogP contribution in [0, 0.1) is 17.7 Å². The molecular formula is C14H13FN2O4. The van der Waals surface area contributed by atoms with Crippen LogP contribution in [0.5, 0.6) is 0 Å². The van der Waals surface area contributed by atoms with Crippen LogP contribution in [0.3, 0.4) is 0 Å². The number of aliphatic carboxylic acids is 1. The third kappa shape index (κ3) is 2.58. The highest BCUT2D eigenvalue weighted by Gasteiger charge is 2.48. The van der Waals surface area contributed by atoms with Crippen molar-refractivity contribution in [3.63, 3.8) is 0 Å². The van der Waals surface area contributed by atoms with Gasteiger partial charge in [0.1, 0.15) is 5.82 Å². The van der Waals surface area contributed by atoms with Crippen molar-refractivity contribution in [1.29, 1.82) is 0 Å². The molecule has 1 saturated carbocycles. The normalized spacial score (nSPS) is 23.0. The van der Waals surface area contributed by atoms with Gasteiger partial charge in [0.05, 0.1) is 17.5 Å². The number of carboxylic acids is 1. The molecule has 2 aliphatic rings.